The van der Waals surface area contributed by atoms with Gasteiger partial charge in [-0.05, 0) is 57.8 Å². The Kier molecular flexibility index (Phi) is 45.4. The molecule has 0 saturated carbocycles. The zero-order chi connectivity index (χ0) is 40.7. The molecule has 0 aromatic rings. The zero-order valence-corrected chi connectivity index (χ0v) is 37.4. The van der Waals surface area contributed by atoms with Gasteiger partial charge in [-0.25, -0.2) is 0 Å². The molecule has 0 aromatic carbocycles. The van der Waals surface area contributed by atoms with Crippen LogP contribution < -0.4 is 0 Å². The predicted molar refractivity (Wildman–Crippen MR) is 242 cm³/mol. The number of carbonyl (C=O) groups is 2. The van der Waals surface area contributed by atoms with E-state index in [2.05, 4.69) is 69.4 Å². The molecule has 0 amide bonds. The summed E-state index contributed by atoms with van der Waals surface area (Å²) in [5.74, 6) is -0.435. The molecule has 56 heavy (non-hydrogen) atoms. The van der Waals surface area contributed by atoms with E-state index in [9.17, 15) is 9.59 Å². The fraction of sp³-hybridized carbons (Fsp3) is 0.804. The molecule has 0 aliphatic rings. The largest absolute Gasteiger partial charge is 0.462 e. The average Bonchev–Trinajstić information content (AvgIpc) is 3.20. The standard InChI is InChI=1S/C51H92O5/c1-4-7-10-13-16-19-22-25-26-28-29-32-35-38-41-44-50(52)55-48-49(47-54-46-43-40-37-34-31-24-21-18-15-12-9-6-3)56-51(53)45-42-39-36-33-30-27-23-20-17-14-11-8-5-2/h7,10,16,19,25-26,29,32,49H,4-6,8-9,11-15,17-18,20-24,27-28,30-31,33-48H2,1-3H3/b10-7-,19-16-,26-25-,32-29-. The number of ether oxygens (including phenoxy) is 3. The summed E-state index contributed by atoms with van der Waals surface area (Å²) in [4.78, 5) is 25.3. The molecule has 0 fully saturated rings. The fourth-order valence-corrected chi connectivity index (χ4v) is 6.80. The van der Waals surface area contributed by atoms with Crippen LogP contribution in [0.4, 0.5) is 0 Å². The molecule has 5 nitrogen and oxygen atoms in total. The maximum Gasteiger partial charge on any atom is 0.306 e. The lowest BCUT2D eigenvalue weighted by Gasteiger charge is -2.18. The van der Waals surface area contributed by atoms with E-state index < -0.39 is 6.10 Å². The third-order valence-electron chi connectivity index (χ3n) is 10.4. The maximum atomic E-state index is 12.7. The summed E-state index contributed by atoms with van der Waals surface area (Å²) in [5, 5.41) is 0. The van der Waals surface area contributed by atoms with Crippen LogP contribution in [0.3, 0.4) is 0 Å². The second kappa shape index (κ2) is 47.2. The second-order valence-electron chi connectivity index (χ2n) is 16.0. The van der Waals surface area contributed by atoms with Gasteiger partial charge >= 0.3 is 11.9 Å². The van der Waals surface area contributed by atoms with E-state index in [1.807, 2.05) is 0 Å². The Bertz CT molecular complexity index is 935. The molecule has 1 atom stereocenters. The molecule has 0 N–H and O–H groups in total. The Morgan fingerprint density at radius 3 is 1.29 bits per heavy atom. The molecule has 0 aliphatic carbocycles. The van der Waals surface area contributed by atoms with E-state index in [-0.39, 0.29) is 25.2 Å². The van der Waals surface area contributed by atoms with Crippen molar-refractivity contribution in [2.45, 2.75) is 245 Å². The molecule has 0 radical (unpaired) electrons. The Morgan fingerprint density at radius 2 is 0.804 bits per heavy atom. The maximum absolute atomic E-state index is 12.7. The van der Waals surface area contributed by atoms with Crippen molar-refractivity contribution in [3.8, 4) is 0 Å². The second-order valence-corrected chi connectivity index (χ2v) is 16.0. The highest BCUT2D eigenvalue weighted by Crippen LogP contribution is 2.15. The quantitative estimate of drug-likeness (QED) is 0.0350. The van der Waals surface area contributed by atoms with Crippen LogP contribution in [0.15, 0.2) is 48.6 Å². The van der Waals surface area contributed by atoms with Crippen molar-refractivity contribution in [3.05, 3.63) is 48.6 Å². The smallest absolute Gasteiger partial charge is 0.306 e. The minimum absolute atomic E-state index is 0.0679. The fourth-order valence-electron chi connectivity index (χ4n) is 6.80. The topological polar surface area (TPSA) is 61.8 Å². The van der Waals surface area contributed by atoms with E-state index in [0.717, 1.165) is 70.6 Å². The number of hydrogen-bond donors (Lipinski definition) is 0. The number of unbranched alkanes of at least 4 members (excludes halogenated alkanes) is 25. The molecule has 0 heterocycles. The lowest BCUT2D eigenvalue weighted by atomic mass is 10.0. The Hall–Kier alpha value is -2.14. The normalized spacial score (nSPS) is 12.6. The van der Waals surface area contributed by atoms with Crippen LogP contribution in [-0.2, 0) is 23.8 Å². The van der Waals surface area contributed by atoms with Gasteiger partial charge in [-0.1, -0.05) is 217 Å². The van der Waals surface area contributed by atoms with Gasteiger partial charge in [0.15, 0.2) is 6.10 Å². The minimum Gasteiger partial charge on any atom is -0.462 e. The summed E-state index contributed by atoms with van der Waals surface area (Å²) in [6, 6.07) is 0. The number of allylic oxidation sites excluding steroid dienone is 8. The summed E-state index contributed by atoms with van der Waals surface area (Å²) in [6.07, 6.45) is 56.8. The molecular weight excluding hydrogens is 693 g/mol. The summed E-state index contributed by atoms with van der Waals surface area (Å²) in [6.45, 7) is 7.69. The van der Waals surface area contributed by atoms with Gasteiger partial charge in [0.05, 0.1) is 6.61 Å². The van der Waals surface area contributed by atoms with E-state index in [4.69, 9.17) is 14.2 Å². The van der Waals surface area contributed by atoms with Gasteiger partial charge in [-0.2, -0.15) is 0 Å². The van der Waals surface area contributed by atoms with Crippen LogP contribution in [0, 0.1) is 0 Å². The van der Waals surface area contributed by atoms with Crippen LogP contribution in [0.2, 0.25) is 0 Å². The monoisotopic (exact) mass is 785 g/mol. The van der Waals surface area contributed by atoms with Crippen molar-refractivity contribution >= 4 is 11.9 Å². The van der Waals surface area contributed by atoms with Crippen molar-refractivity contribution in [2.75, 3.05) is 19.8 Å². The van der Waals surface area contributed by atoms with Crippen molar-refractivity contribution < 1.29 is 23.8 Å². The number of esters is 2. The molecule has 5 heteroatoms. The first-order valence-electron chi connectivity index (χ1n) is 24.2. The molecule has 0 rings (SSSR count). The summed E-state index contributed by atoms with van der Waals surface area (Å²) < 4.78 is 17.3. The Morgan fingerprint density at radius 1 is 0.411 bits per heavy atom. The molecule has 0 aliphatic heterocycles. The lowest BCUT2D eigenvalue weighted by molar-refractivity contribution is -0.163. The third-order valence-corrected chi connectivity index (χ3v) is 10.4. The van der Waals surface area contributed by atoms with E-state index in [1.54, 1.807) is 0 Å². The van der Waals surface area contributed by atoms with Gasteiger partial charge in [0, 0.05) is 19.4 Å². The highest BCUT2D eigenvalue weighted by Gasteiger charge is 2.17. The molecule has 1 unspecified atom stereocenters. The zero-order valence-electron chi connectivity index (χ0n) is 37.4. The van der Waals surface area contributed by atoms with Gasteiger partial charge in [-0.3, -0.25) is 9.59 Å². The first-order valence-corrected chi connectivity index (χ1v) is 24.2. The van der Waals surface area contributed by atoms with Crippen molar-refractivity contribution in [3.63, 3.8) is 0 Å². The van der Waals surface area contributed by atoms with E-state index >= 15 is 0 Å². The summed E-state index contributed by atoms with van der Waals surface area (Å²) >= 11 is 0. The van der Waals surface area contributed by atoms with Gasteiger partial charge in [0.1, 0.15) is 6.61 Å². The molecule has 326 valence electrons. The van der Waals surface area contributed by atoms with Gasteiger partial charge in [0.2, 0.25) is 0 Å². The van der Waals surface area contributed by atoms with Crippen LogP contribution in [-0.4, -0.2) is 37.9 Å². The van der Waals surface area contributed by atoms with Crippen LogP contribution in [0.5, 0.6) is 0 Å². The van der Waals surface area contributed by atoms with Crippen LogP contribution in [0.25, 0.3) is 0 Å². The van der Waals surface area contributed by atoms with Crippen LogP contribution in [0.1, 0.15) is 239 Å². The van der Waals surface area contributed by atoms with Crippen molar-refractivity contribution in [2.24, 2.45) is 0 Å². The van der Waals surface area contributed by atoms with Gasteiger partial charge in [0.25, 0.3) is 0 Å². The molecule has 0 aromatic heterocycles. The number of hydrogen-bond acceptors (Lipinski definition) is 5. The van der Waals surface area contributed by atoms with Gasteiger partial charge < -0.3 is 14.2 Å². The number of carbonyl (C=O) groups excluding carboxylic acids is 2. The molecule has 0 bridgehead atoms. The van der Waals surface area contributed by atoms with Crippen molar-refractivity contribution in [1.29, 1.82) is 0 Å². The summed E-state index contributed by atoms with van der Waals surface area (Å²) in [5.41, 5.74) is 0. The molecular formula is C51H92O5. The lowest BCUT2D eigenvalue weighted by Crippen LogP contribution is -2.30. The Labute approximate surface area is 348 Å². The van der Waals surface area contributed by atoms with Crippen LogP contribution >= 0.6 is 0 Å². The molecule has 0 saturated heterocycles. The number of rotatable bonds is 44. The molecule has 0 spiro atoms. The van der Waals surface area contributed by atoms with E-state index in [1.165, 1.54) is 135 Å². The first kappa shape index (κ1) is 53.9. The highest BCUT2D eigenvalue weighted by molar-refractivity contribution is 5.70. The SMILES string of the molecule is CC/C=C\C/C=C\C/C=C\C/C=C\CCCCC(=O)OCC(COCCCCCCCCCCCCCC)OC(=O)CCCCCCCCCCCCCCC. The first-order chi connectivity index (χ1) is 27.6. The minimum atomic E-state index is -0.546. The third kappa shape index (κ3) is 44.6. The average molecular weight is 785 g/mol. The van der Waals surface area contributed by atoms with E-state index in [0.29, 0.717) is 19.4 Å². The Balaban J connectivity index is 4.30. The van der Waals surface area contributed by atoms with Gasteiger partial charge in [-0.15, -0.1) is 0 Å². The highest BCUT2D eigenvalue weighted by atomic mass is 16.6. The predicted octanol–water partition coefficient (Wildman–Crippen LogP) is 16.0. The summed E-state index contributed by atoms with van der Waals surface area (Å²) in [7, 11) is 0. The van der Waals surface area contributed by atoms with Crippen molar-refractivity contribution in [1.82, 2.24) is 0 Å².